The van der Waals surface area contributed by atoms with Crippen molar-refractivity contribution in [3.63, 3.8) is 0 Å². The number of hydrogen-bond donors (Lipinski definition) is 2. The van der Waals surface area contributed by atoms with Crippen molar-refractivity contribution in [2.75, 3.05) is 19.5 Å². The number of nitrogen functional groups attached to an aromatic ring is 1. The van der Waals surface area contributed by atoms with Crippen molar-refractivity contribution >= 4 is 5.82 Å². The average Bonchev–Trinajstić information content (AvgIpc) is 2.17. The third kappa shape index (κ3) is 2.18. The number of ether oxygens (including phenoxy) is 1. The van der Waals surface area contributed by atoms with Crippen molar-refractivity contribution in [2.45, 2.75) is 26.4 Å². The fourth-order valence-corrected chi connectivity index (χ4v) is 1.89. The van der Waals surface area contributed by atoms with Gasteiger partial charge < -0.3 is 15.6 Å². The van der Waals surface area contributed by atoms with Gasteiger partial charge in [-0.15, -0.1) is 0 Å². The van der Waals surface area contributed by atoms with Gasteiger partial charge in [0.05, 0.1) is 6.61 Å². The molecule has 4 nitrogen and oxygen atoms in total. The van der Waals surface area contributed by atoms with Crippen molar-refractivity contribution in [2.24, 2.45) is 5.92 Å². The highest BCUT2D eigenvalue weighted by Gasteiger charge is 2.36. The summed E-state index contributed by atoms with van der Waals surface area (Å²) in [6, 6.07) is 1.84. The lowest BCUT2D eigenvalue weighted by molar-refractivity contribution is -0.0700. The highest BCUT2D eigenvalue weighted by molar-refractivity contribution is 5.48. The van der Waals surface area contributed by atoms with Gasteiger partial charge in [-0.3, -0.25) is 0 Å². The molecule has 0 saturated heterocycles. The lowest BCUT2D eigenvalue weighted by Gasteiger charge is -2.33. The van der Waals surface area contributed by atoms with Gasteiger partial charge in [0, 0.05) is 18.9 Å². The van der Waals surface area contributed by atoms with E-state index in [9.17, 15) is 5.11 Å². The molecule has 0 fully saturated rings. The van der Waals surface area contributed by atoms with E-state index in [1.54, 1.807) is 13.3 Å². The summed E-state index contributed by atoms with van der Waals surface area (Å²) in [5.74, 6) is 0.367. The molecule has 0 bridgehead atoms. The van der Waals surface area contributed by atoms with Gasteiger partial charge in [0.2, 0.25) is 0 Å². The van der Waals surface area contributed by atoms with Crippen molar-refractivity contribution in [3.8, 4) is 0 Å². The molecule has 1 rings (SSSR count). The number of nitrogens with two attached hydrogens (primary N) is 1. The Morgan fingerprint density at radius 3 is 2.62 bits per heavy atom. The molecule has 1 aromatic heterocycles. The second-order valence-electron chi connectivity index (χ2n) is 4.40. The highest BCUT2D eigenvalue weighted by atomic mass is 16.5. The number of hydrogen-bond acceptors (Lipinski definition) is 4. The van der Waals surface area contributed by atoms with Gasteiger partial charge in [0.1, 0.15) is 11.4 Å². The van der Waals surface area contributed by atoms with Gasteiger partial charge in [0.15, 0.2) is 0 Å². The molecule has 16 heavy (non-hydrogen) atoms. The zero-order valence-electron chi connectivity index (χ0n) is 10.3. The minimum atomic E-state index is -1.09. The van der Waals surface area contributed by atoms with Crippen molar-refractivity contribution in [1.29, 1.82) is 0 Å². The number of pyridine rings is 1. The van der Waals surface area contributed by atoms with Crippen LogP contribution in [0.2, 0.25) is 0 Å². The molecular formula is C12H20N2O2. The SMILES string of the molecule is COCC(O)(c1c(C)ccnc1N)C(C)C. The maximum Gasteiger partial charge on any atom is 0.129 e. The van der Waals surface area contributed by atoms with Crippen LogP contribution in [-0.4, -0.2) is 23.8 Å². The van der Waals surface area contributed by atoms with Gasteiger partial charge >= 0.3 is 0 Å². The molecule has 0 radical (unpaired) electrons. The zero-order chi connectivity index (χ0) is 12.3. The van der Waals surface area contributed by atoms with Crippen LogP contribution in [-0.2, 0) is 10.3 Å². The molecule has 0 aliphatic carbocycles. The normalized spacial score (nSPS) is 15.1. The Morgan fingerprint density at radius 2 is 2.19 bits per heavy atom. The molecule has 1 heterocycles. The summed E-state index contributed by atoms with van der Waals surface area (Å²) in [6.45, 7) is 5.99. The van der Waals surface area contributed by atoms with Crippen LogP contribution in [0.3, 0.4) is 0 Å². The number of methoxy groups -OCH3 is 1. The number of aromatic nitrogens is 1. The first kappa shape index (κ1) is 12.9. The van der Waals surface area contributed by atoms with E-state index >= 15 is 0 Å². The minimum absolute atomic E-state index is 0.00218. The predicted molar refractivity (Wildman–Crippen MR) is 64.0 cm³/mol. The molecule has 0 aromatic carbocycles. The van der Waals surface area contributed by atoms with Crippen LogP contribution in [0.4, 0.5) is 5.82 Å². The van der Waals surface area contributed by atoms with Crippen LogP contribution in [0, 0.1) is 12.8 Å². The van der Waals surface area contributed by atoms with Gasteiger partial charge in [-0.25, -0.2) is 4.98 Å². The summed E-state index contributed by atoms with van der Waals surface area (Å²) in [5.41, 5.74) is 6.37. The average molecular weight is 224 g/mol. The standard InChI is InChI=1S/C12H20N2O2/c1-8(2)12(15,7-16-4)10-9(3)5-6-14-11(10)13/h5-6,8,15H,7H2,1-4H3,(H2,13,14). The van der Waals surface area contributed by atoms with Gasteiger partial charge in [0.25, 0.3) is 0 Å². The Kier molecular flexibility index (Phi) is 3.88. The third-order valence-corrected chi connectivity index (χ3v) is 2.94. The van der Waals surface area contributed by atoms with Crippen LogP contribution in [0.1, 0.15) is 25.0 Å². The van der Waals surface area contributed by atoms with Crippen molar-refractivity contribution in [3.05, 3.63) is 23.4 Å². The van der Waals surface area contributed by atoms with E-state index in [2.05, 4.69) is 4.98 Å². The monoisotopic (exact) mass is 224 g/mol. The molecule has 0 amide bonds. The Morgan fingerprint density at radius 1 is 1.56 bits per heavy atom. The maximum absolute atomic E-state index is 10.7. The van der Waals surface area contributed by atoms with E-state index in [4.69, 9.17) is 10.5 Å². The Labute approximate surface area is 96.5 Å². The zero-order valence-corrected chi connectivity index (χ0v) is 10.3. The van der Waals surface area contributed by atoms with Gasteiger partial charge in [-0.05, 0) is 24.5 Å². The van der Waals surface area contributed by atoms with E-state index in [0.717, 1.165) is 5.56 Å². The Balaban J connectivity index is 3.31. The van der Waals surface area contributed by atoms with Crippen LogP contribution < -0.4 is 5.73 Å². The topological polar surface area (TPSA) is 68.4 Å². The van der Waals surface area contributed by atoms with Crippen LogP contribution >= 0.6 is 0 Å². The molecule has 1 atom stereocenters. The summed E-state index contributed by atoms with van der Waals surface area (Å²) in [5, 5.41) is 10.7. The van der Waals surface area contributed by atoms with E-state index in [0.29, 0.717) is 11.4 Å². The van der Waals surface area contributed by atoms with Crippen LogP contribution in [0.5, 0.6) is 0 Å². The van der Waals surface area contributed by atoms with Crippen LogP contribution in [0.25, 0.3) is 0 Å². The summed E-state index contributed by atoms with van der Waals surface area (Å²) in [4.78, 5) is 4.03. The number of rotatable bonds is 4. The molecule has 1 unspecified atom stereocenters. The smallest absolute Gasteiger partial charge is 0.129 e. The largest absolute Gasteiger partial charge is 0.383 e. The summed E-state index contributed by atoms with van der Waals surface area (Å²) < 4.78 is 5.10. The van der Waals surface area contributed by atoms with E-state index < -0.39 is 5.60 Å². The molecule has 90 valence electrons. The third-order valence-electron chi connectivity index (χ3n) is 2.94. The molecule has 4 heteroatoms. The molecule has 1 aromatic rings. The lowest BCUT2D eigenvalue weighted by Crippen LogP contribution is -2.38. The van der Waals surface area contributed by atoms with E-state index in [1.807, 2.05) is 26.8 Å². The number of aryl methyl sites for hydroxylation is 1. The number of anilines is 1. The van der Waals surface area contributed by atoms with E-state index in [-0.39, 0.29) is 12.5 Å². The molecule has 0 saturated carbocycles. The summed E-state index contributed by atoms with van der Waals surface area (Å²) in [7, 11) is 1.56. The van der Waals surface area contributed by atoms with Gasteiger partial charge in [-0.2, -0.15) is 0 Å². The minimum Gasteiger partial charge on any atom is -0.383 e. The molecule has 0 aliphatic heterocycles. The molecule has 3 N–H and O–H groups in total. The fraction of sp³-hybridized carbons (Fsp3) is 0.583. The number of nitrogens with zero attached hydrogens (tertiary/aromatic N) is 1. The first-order valence-corrected chi connectivity index (χ1v) is 5.36. The molecule has 0 spiro atoms. The Hall–Kier alpha value is -1.13. The Bertz CT molecular complexity index is 346. The second-order valence-corrected chi connectivity index (χ2v) is 4.40. The number of aliphatic hydroxyl groups is 1. The van der Waals surface area contributed by atoms with E-state index in [1.165, 1.54) is 0 Å². The summed E-state index contributed by atoms with van der Waals surface area (Å²) >= 11 is 0. The first-order valence-electron chi connectivity index (χ1n) is 5.36. The lowest BCUT2D eigenvalue weighted by atomic mass is 9.82. The fourth-order valence-electron chi connectivity index (χ4n) is 1.89. The van der Waals surface area contributed by atoms with Crippen LogP contribution in [0.15, 0.2) is 12.3 Å². The predicted octanol–water partition coefficient (Wildman–Crippen LogP) is 1.46. The quantitative estimate of drug-likeness (QED) is 0.812. The molecule has 0 aliphatic rings. The summed E-state index contributed by atoms with van der Waals surface area (Å²) in [6.07, 6.45) is 1.64. The first-order chi connectivity index (χ1) is 7.43. The highest BCUT2D eigenvalue weighted by Crippen LogP contribution is 2.34. The van der Waals surface area contributed by atoms with Crippen molar-refractivity contribution in [1.82, 2.24) is 4.98 Å². The second kappa shape index (κ2) is 4.80. The maximum atomic E-state index is 10.7. The molecular weight excluding hydrogens is 204 g/mol. The van der Waals surface area contributed by atoms with Crippen molar-refractivity contribution < 1.29 is 9.84 Å². The van der Waals surface area contributed by atoms with Gasteiger partial charge in [-0.1, -0.05) is 13.8 Å².